The number of carbonyl (C=O) groups is 1. The molecule has 1 N–H and O–H groups in total. The summed E-state index contributed by atoms with van der Waals surface area (Å²) in [7, 11) is 0. The number of pyridine rings is 1. The fourth-order valence-corrected chi connectivity index (χ4v) is 3.15. The normalized spacial score (nSPS) is 13.6. The van der Waals surface area contributed by atoms with Gasteiger partial charge in [0.25, 0.3) is 5.91 Å². The minimum absolute atomic E-state index is 0.00569. The summed E-state index contributed by atoms with van der Waals surface area (Å²) in [5, 5.41) is 2.92. The molecule has 0 bridgehead atoms. The van der Waals surface area contributed by atoms with Crippen molar-refractivity contribution in [3.05, 3.63) is 58.3 Å². The fourth-order valence-electron chi connectivity index (χ4n) is 2.75. The topological polar surface area (TPSA) is 33.0 Å². The van der Waals surface area contributed by atoms with E-state index in [1.165, 1.54) is 30.4 Å². The van der Waals surface area contributed by atoms with Crippen molar-refractivity contribution in [2.75, 3.05) is 5.32 Å². The molecule has 1 aliphatic carbocycles. The highest BCUT2D eigenvalue weighted by Gasteiger charge is 2.15. The van der Waals surface area contributed by atoms with Crippen molar-refractivity contribution in [1.29, 1.82) is 0 Å². The maximum atomic E-state index is 12.1. The monoisotopic (exact) mass is 345 g/mol. The van der Waals surface area contributed by atoms with Gasteiger partial charge in [-0.3, -0.25) is 4.79 Å². The summed E-state index contributed by atoms with van der Waals surface area (Å²) in [6.07, 6.45) is 8.95. The molecule has 4 heteroatoms. The number of carbonyl (C=O) groups excluding carboxylic acids is 1. The molecule has 1 aromatic carbocycles. The molecule has 3 rings (SSSR count). The van der Waals surface area contributed by atoms with Crippen molar-refractivity contribution in [1.82, 2.24) is 0 Å². The number of benzene rings is 1. The fraction of sp³-hybridized carbons (Fsp3) is 0.294. The summed E-state index contributed by atoms with van der Waals surface area (Å²) >= 11 is 3.40. The number of hydrogen-bond donors (Lipinski definition) is 1. The van der Waals surface area contributed by atoms with E-state index in [0.717, 1.165) is 16.6 Å². The number of amides is 1. The highest BCUT2D eigenvalue weighted by Crippen LogP contribution is 2.19. The number of nitrogens with zero attached hydrogens (tertiary/aromatic N) is 1. The van der Waals surface area contributed by atoms with Crippen LogP contribution in [0.1, 0.15) is 24.0 Å². The average Bonchev–Trinajstić information content (AvgIpc) is 2.47. The molecule has 0 spiro atoms. The van der Waals surface area contributed by atoms with E-state index in [4.69, 9.17) is 0 Å². The molecule has 0 radical (unpaired) electrons. The van der Waals surface area contributed by atoms with E-state index in [0.29, 0.717) is 6.54 Å². The summed E-state index contributed by atoms with van der Waals surface area (Å²) in [6, 6.07) is 9.79. The Bertz CT molecular complexity index is 670. The first kappa shape index (κ1) is 14.3. The predicted octanol–water partition coefficient (Wildman–Crippen LogP) is 3.25. The molecule has 0 fully saturated rings. The third-order valence-corrected chi connectivity index (χ3v) is 4.27. The van der Waals surface area contributed by atoms with Crippen molar-refractivity contribution < 1.29 is 9.36 Å². The van der Waals surface area contributed by atoms with Gasteiger partial charge in [0.2, 0.25) is 6.54 Å². The number of halogens is 1. The summed E-state index contributed by atoms with van der Waals surface area (Å²) in [5.41, 5.74) is 3.64. The molecule has 0 aliphatic heterocycles. The maximum absolute atomic E-state index is 12.1. The van der Waals surface area contributed by atoms with E-state index >= 15 is 0 Å². The Kier molecular flexibility index (Phi) is 4.34. The molecule has 0 unspecified atom stereocenters. The second-order valence-corrected chi connectivity index (χ2v) is 6.35. The highest BCUT2D eigenvalue weighted by molar-refractivity contribution is 9.10. The largest absolute Gasteiger partial charge is 0.321 e. The van der Waals surface area contributed by atoms with Gasteiger partial charge in [-0.2, -0.15) is 4.57 Å². The Morgan fingerprint density at radius 1 is 1.19 bits per heavy atom. The molecule has 1 aliphatic rings. The van der Waals surface area contributed by atoms with Crippen molar-refractivity contribution in [3.8, 4) is 0 Å². The lowest BCUT2D eigenvalue weighted by Crippen LogP contribution is -2.40. The van der Waals surface area contributed by atoms with Crippen molar-refractivity contribution in [3.63, 3.8) is 0 Å². The summed E-state index contributed by atoms with van der Waals surface area (Å²) in [5.74, 6) is -0.00569. The number of hydrogen-bond acceptors (Lipinski definition) is 1. The number of nitrogens with one attached hydrogen (secondary N) is 1. The zero-order valence-corrected chi connectivity index (χ0v) is 13.4. The summed E-state index contributed by atoms with van der Waals surface area (Å²) < 4.78 is 2.93. The van der Waals surface area contributed by atoms with Gasteiger partial charge in [-0.15, -0.1) is 0 Å². The molecular formula is C17H18BrN2O+. The molecule has 1 heterocycles. The van der Waals surface area contributed by atoms with Gasteiger partial charge in [0.05, 0.1) is 0 Å². The molecule has 1 amide bonds. The Balaban J connectivity index is 1.67. The van der Waals surface area contributed by atoms with Crippen LogP contribution in [0.3, 0.4) is 0 Å². The number of aromatic nitrogens is 1. The van der Waals surface area contributed by atoms with Crippen LogP contribution in [0.15, 0.2) is 47.2 Å². The Morgan fingerprint density at radius 2 is 2.00 bits per heavy atom. The highest BCUT2D eigenvalue weighted by atomic mass is 79.9. The Hall–Kier alpha value is -1.68. The first-order chi connectivity index (χ1) is 10.2. The van der Waals surface area contributed by atoms with E-state index in [1.54, 1.807) is 0 Å². The molecule has 2 aromatic rings. The Labute approximate surface area is 133 Å². The Morgan fingerprint density at radius 3 is 2.81 bits per heavy atom. The third-order valence-electron chi connectivity index (χ3n) is 3.78. The van der Waals surface area contributed by atoms with Gasteiger partial charge in [-0.25, -0.2) is 0 Å². The zero-order valence-electron chi connectivity index (χ0n) is 11.8. The van der Waals surface area contributed by atoms with Crippen LogP contribution < -0.4 is 9.88 Å². The molecule has 1 aromatic heterocycles. The second-order valence-electron chi connectivity index (χ2n) is 5.43. The van der Waals surface area contributed by atoms with Crippen LogP contribution in [0.4, 0.5) is 5.69 Å². The van der Waals surface area contributed by atoms with E-state index in [1.807, 2.05) is 35.0 Å². The minimum Gasteiger partial charge on any atom is -0.321 e. The molecular weight excluding hydrogens is 328 g/mol. The molecule has 3 nitrogen and oxygen atoms in total. The van der Waals surface area contributed by atoms with E-state index < -0.39 is 0 Å². The van der Waals surface area contributed by atoms with Crippen LogP contribution in [-0.2, 0) is 24.2 Å². The maximum Gasteiger partial charge on any atom is 0.290 e. The van der Waals surface area contributed by atoms with Crippen molar-refractivity contribution >= 4 is 27.5 Å². The number of rotatable bonds is 3. The SMILES string of the molecule is O=C(C[n+]1ccc2c(c1)CCCC2)Nc1cccc(Br)c1. The summed E-state index contributed by atoms with van der Waals surface area (Å²) in [4.78, 5) is 12.1. The first-order valence-electron chi connectivity index (χ1n) is 7.27. The first-order valence-corrected chi connectivity index (χ1v) is 8.06. The summed E-state index contributed by atoms with van der Waals surface area (Å²) in [6.45, 7) is 0.347. The van der Waals surface area contributed by atoms with Gasteiger partial charge in [0.15, 0.2) is 12.4 Å². The quantitative estimate of drug-likeness (QED) is 0.851. The average molecular weight is 346 g/mol. The second kappa shape index (κ2) is 6.39. The van der Waals surface area contributed by atoms with Crippen LogP contribution in [0.5, 0.6) is 0 Å². The van der Waals surface area contributed by atoms with Crippen LogP contribution >= 0.6 is 15.9 Å². The van der Waals surface area contributed by atoms with E-state index in [-0.39, 0.29) is 5.91 Å². The van der Waals surface area contributed by atoms with Gasteiger partial charge >= 0.3 is 0 Å². The molecule has 0 saturated carbocycles. The van der Waals surface area contributed by atoms with Crippen LogP contribution in [0, 0.1) is 0 Å². The smallest absolute Gasteiger partial charge is 0.290 e. The standard InChI is InChI=1S/C17H17BrN2O/c18-15-6-3-7-16(10-15)19-17(21)12-20-9-8-13-4-1-2-5-14(13)11-20/h3,6-11H,1-2,4-5,12H2/p+1. The predicted molar refractivity (Wildman–Crippen MR) is 86.1 cm³/mol. The lowest BCUT2D eigenvalue weighted by molar-refractivity contribution is -0.684. The number of aryl methyl sites for hydroxylation is 2. The lowest BCUT2D eigenvalue weighted by atomic mass is 9.93. The van der Waals surface area contributed by atoms with Gasteiger partial charge < -0.3 is 5.32 Å². The molecule has 0 saturated heterocycles. The zero-order chi connectivity index (χ0) is 14.7. The van der Waals surface area contributed by atoms with Gasteiger partial charge in [-0.1, -0.05) is 22.0 Å². The third kappa shape index (κ3) is 3.70. The van der Waals surface area contributed by atoms with E-state index in [2.05, 4.69) is 33.5 Å². The van der Waals surface area contributed by atoms with E-state index in [9.17, 15) is 4.79 Å². The number of anilines is 1. The van der Waals surface area contributed by atoms with Gasteiger partial charge in [-0.05, 0) is 49.4 Å². The van der Waals surface area contributed by atoms with Crippen molar-refractivity contribution in [2.24, 2.45) is 0 Å². The van der Waals surface area contributed by atoms with Gasteiger partial charge in [0, 0.05) is 21.8 Å². The minimum atomic E-state index is -0.00569. The molecule has 108 valence electrons. The van der Waals surface area contributed by atoms with Crippen LogP contribution in [-0.4, -0.2) is 5.91 Å². The van der Waals surface area contributed by atoms with Gasteiger partial charge in [0.1, 0.15) is 0 Å². The van der Waals surface area contributed by atoms with Crippen LogP contribution in [0.2, 0.25) is 0 Å². The van der Waals surface area contributed by atoms with Crippen molar-refractivity contribution in [2.45, 2.75) is 32.2 Å². The molecule has 21 heavy (non-hydrogen) atoms. The van der Waals surface area contributed by atoms with Crippen LogP contribution in [0.25, 0.3) is 0 Å². The lowest BCUT2D eigenvalue weighted by Gasteiger charge is -2.13. The number of fused-ring (bicyclic) bond motifs is 1. The molecule has 0 atom stereocenters.